The molecule has 94 valence electrons. The van der Waals surface area contributed by atoms with Crippen LogP contribution in [0.15, 0.2) is 42.5 Å². The quantitative estimate of drug-likeness (QED) is 0.778. The van der Waals surface area contributed by atoms with Gasteiger partial charge in [0.1, 0.15) is 11.5 Å². The Morgan fingerprint density at radius 2 is 1.89 bits per heavy atom. The molecular formula is C16H13NO2. The lowest BCUT2D eigenvalue weighted by Crippen LogP contribution is -1.97. The maximum Gasteiger partial charge on any atom is 0.163 e. The summed E-state index contributed by atoms with van der Waals surface area (Å²) >= 11 is 0. The van der Waals surface area contributed by atoms with Crippen LogP contribution in [-0.2, 0) is 0 Å². The van der Waals surface area contributed by atoms with Gasteiger partial charge in [-0.2, -0.15) is 5.26 Å². The van der Waals surface area contributed by atoms with Crippen LogP contribution >= 0.6 is 0 Å². The topological polar surface area (TPSA) is 50.1 Å². The molecule has 2 rings (SSSR count). The first-order valence-electron chi connectivity index (χ1n) is 5.90. The van der Waals surface area contributed by atoms with Gasteiger partial charge in [0.05, 0.1) is 17.2 Å². The molecule has 0 radical (unpaired) electrons. The normalized spacial score (nSPS) is 9.74. The maximum absolute atomic E-state index is 11.5. The average Bonchev–Trinajstić information content (AvgIpc) is 2.41. The van der Waals surface area contributed by atoms with Crippen molar-refractivity contribution in [1.82, 2.24) is 0 Å². The number of para-hydroxylation sites is 1. The number of ketones is 1. The molecule has 0 fully saturated rings. The first kappa shape index (κ1) is 12.8. The van der Waals surface area contributed by atoms with Crippen LogP contribution in [0, 0.1) is 18.3 Å². The van der Waals surface area contributed by atoms with Crippen LogP contribution in [0.25, 0.3) is 0 Å². The fourth-order valence-electron chi connectivity index (χ4n) is 1.74. The van der Waals surface area contributed by atoms with E-state index in [4.69, 9.17) is 10.00 Å². The molecule has 0 aliphatic carbocycles. The highest BCUT2D eigenvalue weighted by Gasteiger charge is 2.10. The van der Waals surface area contributed by atoms with Crippen LogP contribution in [0.1, 0.15) is 28.4 Å². The summed E-state index contributed by atoms with van der Waals surface area (Å²) in [6.45, 7) is 3.40. The number of ether oxygens (including phenoxy) is 1. The van der Waals surface area contributed by atoms with Gasteiger partial charge in [-0.25, -0.2) is 0 Å². The number of hydrogen-bond acceptors (Lipinski definition) is 3. The van der Waals surface area contributed by atoms with E-state index in [9.17, 15) is 4.79 Å². The summed E-state index contributed by atoms with van der Waals surface area (Å²) in [7, 11) is 0. The second-order valence-electron chi connectivity index (χ2n) is 4.25. The molecule has 0 heterocycles. The van der Waals surface area contributed by atoms with E-state index in [1.54, 1.807) is 30.3 Å². The summed E-state index contributed by atoms with van der Waals surface area (Å²) in [6, 6.07) is 14.4. The standard InChI is InChI=1S/C16H13NO2/c1-11-7-8-13(10-17)9-16(11)19-15-6-4-3-5-14(15)12(2)18/h3-9H,1-2H3. The molecule has 0 saturated carbocycles. The lowest BCUT2D eigenvalue weighted by Gasteiger charge is -2.11. The van der Waals surface area contributed by atoms with Gasteiger partial charge >= 0.3 is 0 Å². The molecule has 19 heavy (non-hydrogen) atoms. The minimum Gasteiger partial charge on any atom is -0.456 e. The first-order chi connectivity index (χ1) is 9.11. The van der Waals surface area contributed by atoms with Gasteiger partial charge in [0.2, 0.25) is 0 Å². The van der Waals surface area contributed by atoms with Crippen LogP contribution in [0.3, 0.4) is 0 Å². The molecule has 0 unspecified atom stereocenters. The van der Waals surface area contributed by atoms with Gasteiger partial charge in [-0.1, -0.05) is 18.2 Å². The number of rotatable bonds is 3. The van der Waals surface area contributed by atoms with E-state index in [0.29, 0.717) is 22.6 Å². The van der Waals surface area contributed by atoms with Crippen molar-refractivity contribution in [3.63, 3.8) is 0 Å². The van der Waals surface area contributed by atoms with Crippen LogP contribution in [0.5, 0.6) is 11.5 Å². The monoisotopic (exact) mass is 251 g/mol. The molecule has 0 amide bonds. The van der Waals surface area contributed by atoms with Gasteiger partial charge in [-0.05, 0) is 43.7 Å². The Morgan fingerprint density at radius 3 is 2.58 bits per heavy atom. The van der Waals surface area contributed by atoms with Gasteiger partial charge in [-0.3, -0.25) is 4.79 Å². The molecule has 0 aliphatic heterocycles. The molecule has 0 N–H and O–H groups in total. The number of aryl methyl sites for hydroxylation is 1. The second kappa shape index (κ2) is 5.36. The van der Waals surface area contributed by atoms with Gasteiger partial charge in [-0.15, -0.1) is 0 Å². The van der Waals surface area contributed by atoms with E-state index in [1.807, 2.05) is 19.1 Å². The molecule has 2 aromatic rings. The third-order valence-electron chi connectivity index (χ3n) is 2.80. The molecule has 0 saturated heterocycles. The zero-order chi connectivity index (χ0) is 13.8. The number of nitriles is 1. The fraction of sp³-hybridized carbons (Fsp3) is 0.125. The predicted molar refractivity (Wildman–Crippen MR) is 72.4 cm³/mol. The number of carbonyl (C=O) groups is 1. The van der Waals surface area contributed by atoms with E-state index < -0.39 is 0 Å². The molecule has 0 spiro atoms. The van der Waals surface area contributed by atoms with Crippen molar-refractivity contribution in [3.05, 3.63) is 59.2 Å². The minimum absolute atomic E-state index is 0.0512. The van der Waals surface area contributed by atoms with Crippen LogP contribution in [0.2, 0.25) is 0 Å². The molecule has 3 nitrogen and oxygen atoms in total. The third-order valence-corrected chi connectivity index (χ3v) is 2.80. The first-order valence-corrected chi connectivity index (χ1v) is 5.90. The van der Waals surface area contributed by atoms with Crippen molar-refractivity contribution in [2.45, 2.75) is 13.8 Å². The van der Waals surface area contributed by atoms with Gasteiger partial charge in [0.15, 0.2) is 5.78 Å². The molecule has 0 aromatic heterocycles. The highest BCUT2D eigenvalue weighted by atomic mass is 16.5. The smallest absolute Gasteiger partial charge is 0.163 e. The highest BCUT2D eigenvalue weighted by molar-refractivity contribution is 5.96. The van der Waals surface area contributed by atoms with Crippen molar-refractivity contribution in [3.8, 4) is 17.6 Å². The van der Waals surface area contributed by atoms with Crippen molar-refractivity contribution in [1.29, 1.82) is 5.26 Å². The maximum atomic E-state index is 11.5. The Bertz CT molecular complexity index is 669. The number of hydrogen-bond donors (Lipinski definition) is 0. The number of carbonyl (C=O) groups excluding carboxylic acids is 1. The Balaban J connectivity index is 2.42. The Morgan fingerprint density at radius 1 is 1.16 bits per heavy atom. The second-order valence-corrected chi connectivity index (χ2v) is 4.25. The van der Waals surface area contributed by atoms with Gasteiger partial charge in [0.25, 0.3) is 0 Å². The molecule has 3 heteroatoms. The summed E-state index contributed by atoms with van der Waals surface area (Å²) in [5.41, 5.74) is 1.97. The van der Waals surface area contributed by atoms with Crippen molar-refractivity contribution < 1.29 is 9.53 Å². The average molecular weight is 251 g/mol. The predicted octanol–water partition coefficient (Wildman–Crippen LogP) is 3.86. The summed E-state index contributed by atoms with van der Waals surface area (Å²) in [6.07, 6.45) is 0. The van der Waals surface area contributed by atoms with E-state index >= 15 is 0 Å². The fourth-order valence-corrected chi connectivity index (χ4v) is 1.74. The van der Waals surface area contributed by atoms with Crippen molar-refractivity contribution in [2.75, 3.05) is 0 Å². The Labute approximate surface area is 112 Å². The SMILES string of the molecule is CC(=O)c1ccccc1Oc1cc(C#N)ccc1C. The molecular weight excluding hydrogens is 238 g/mol. The van der Waals surface area contributed by atoms with Gasteiger partial charge < -0.3 is 4.74 Å². The zero-order valence-corrected chi connectivity index (χ0v) is 10.8. The van der Waals surface area contributed by atoms with Crippen LogP contribution in [-0.4, -0.2) is 5.78 Å². The molecule has 0 bridgehead atoms. The summed E-state index contributed by atoms with van der Waals surface area (Å²) < 4.78 is 5.77. The molecule has 0 atom stereocenters. The highest BCUT2D eigenvalue weighted by Crippen LogP contribution is 2.28. The van der Waals surface area contributed by atoms with E-state index in [1.165, 1.54) is 6.92 Å². The number of Topliss-reactive ketones (excluding diaryl/α,β-unsaturated/α-hetero) is 1. The van der Waals surface area contributed by atoms with Crippen molar-refractivity contribution in [2.24, 2.45) is 0 Å². The Hall–Kier alpha value is -2.60. The molecule has 2 aromatic carbocycles. The van der Waals surface area contributed by atoms with Gasteiger partial charge in [0, 0.05) is 0 Å². The van der Waals surface area contributed by atoms with E-state index in [-0.39, 0.29) is 5.78 Å². The summed E-state index contributed by atoms with van der Waals surface area (Å²) in [5, 5.41) is 8.90. The lowest BCUT2D eigenvalue weighted by molar-refractivity contribution is 0.101. The number of benzene rings is 2. The van der Waals surface area contributed by atoms with E-state index in [2.05, 4.69) is 6.07 Å². The zero-order valence-electron chi connectivity index (χ0n) is 10.8. The largest absolute Gasteiger partial charge is 0.456 e. The van der Waals surface area contributed by atoms with Crippen LogP contribution < -0.4 is 4.74 Å². The summed E-state index contributed by atoms with van der Waals surface area (Å²) in [5.74, 6) is 1.05. The minimum atomic E-state index is -0.0512. The Kier molecular flexibility index (Phi) is 3.63. The van der Waals surface area contributed by atoms with Crippen molar-refractivity contribution >= 4 is 5.78 Å². The van der Waals surface area contributed by atoms with E-state index in [0.717, 1.165) is 5.56 Å². The number of nitrogens with zero attached hydrogens (tertiary/aromatic N) is 1. The van der Waals surface area contributed by atoms with Crippen LogP contribution in [0.4, 0.5) is 0 Å². The third kappa shape index (κ3) is 2.80. The lowest BCUT2D eigenvalue weighted by atomic mass is 10.1. The molecule has 0 aliphatic rings. The summed E-state index contributed by atoms with van der Waals surface area (Å²) in [4.78, 5) is 11.5.